The molecule has 2 unspecified atom stereocenters. The molecule has 1 fully saturated rings. The molecule has 4 rings (SSSR count). The summed E-state index contributed by atoms with van der Waals surface area (Å²) in [5.41, 5.74) is -3.14. The summed E-state index contributed by atoms with van der Waals surface area (Å²) in [7, 11) is 0. The summed E-state index contributed by atoms with van der Waals surface area (Å²) in [6.45, 7) is 0.823. The van der Waals surface area contributed by atoms with Crippen LogP contribution in [0.15, 0.2) is 46.6 Å². The fraction of sp³-hybridized carbons (Fsp3) is 0.294. The number of aromatic hydroxyl groups is 1. The third kappa shape index (κ3) is 2.51. The topological polar surface area (TPSA) is 148 Å². The maximum atomic E-state index is 12.6. The van der Waals surface area contributed by atoms with Crippen molar-refractivity contribution in [1.29, 1.82) is 0 Å². The normalized spacial score (nSPS) is 24.0. The van der Waals surface area contributed by atoms with Crippen LogP contribution in [-0.2, 0) is 5.72 Å². The summed E-state index contributed by atoms with van der Waals surface area (Å²) in [4.78, 5) is 30.2. The van der Waals surface area contributed by atoms with Crippen molar-refractivity contribution < 1.29 is 15.1 Å². The minimum absolute atomic E-state index is 0.126. The lowest BCUT2D eigenvalue weighted by atomic mass is 9.83. The average Bonchev–Trinajstić information content (AvgIpc) is 2.92. The highest BCUT2D eigenvalue weighted by Gasteiger charge is 2.61. The van der Waals surface area contributed by atoms with Gasteiger partial charge in [-0.15, -0.1) is 0 Å². The Hall–Kier alpha value is -3.18. The molecule has 1 aromatic carbocycles. The van der Waals surface area contributed by atoms with Crippen LogP contribution in [0.3, 0.4) is 0 Å². The molecule has 11 heteroatoms. The number of nitrogens with one attached hydrogen (secondary N) is 3. The van der Waals surface area contributed by atoms with E-state index in [4.69, 9.17) is 12.2 Å². The lowest BCUT2D eigenvalue weighted by Crippen LogP contribution is -2.51. The highest BCUT2D eigenvalue weighted by molar-refractivity contribution is 7.71. The number of benzene rings is 1. The monoisotopic (exact) mass is 403 g/mol. The van der Waals surface area contributed by atoms with E-state index in [1.807, 2.05) is 0 Å². The van der Waals surface area contributed by atoms with E-state index in [-0.39, 0.29) is 16.2 Å². The van der Waals surface area contributed by atoms with Gasteiger partial charge in [0.25, 0.3) is 11.3 Å². The molecular formula is C17H17N5O5S. The molecule has 2 aliphatic rings. The van der Waals surface area contributed by atoms with Crippen molar-refractivity contribution in [2.24, 2.45) is 0 Å². The maximum Gasteiger partial charge on any atom is 0.299 e. The number of nitro groups is 1. The van der Waals surface area contributed by atoms with Crippen molar-refractivity contribution in [3.05, 3.63) is 78.2 Å². The van der Waals surface area contributed by atoms with Gasteiger partial charge in [-0.3, -0.25) is 19.9 Å². The molecule has 10 nitrogen and oxygen atoms in total. The predicted molar refractivity (Wildman–Crippen MR) is 100 cm³/mol. The summed E-state index contributed by atoms with van der Waals surface area (Å²) in [6.07, 6.45) is 0.635. The Morgan fingerprint density at radius 1 is 1.29 bits per heavy atom. The first-order valence-electron chi connectivity index (χ1n) is 8.59. The number of aliphatic hydroxyl groups is 1. The summed E-state index contributed by atoms with van der Waals surface area (Å²) in [5, 5.41) is 37.2. The van der Waals surface area contributed by atoms with Gasteiger partial charge >= 0.3 is 0 Å². The molecule has 0 spiro atoms. The second-order valence-electron chi connectivity index (χ2n) is 6.62. The summed E-state index contributed by atoms with van der Waals surface area (Å²) in [6, 6.07) is 8.37. The predicted octanol–water partition coefficient (Wildman–Crippen LogP) is 0.822. The smallest absolute Gasteiger partial charge is 0.299 e. The minimum atomic E-state index is -1.95. The standard InChI is InChI=1S/C17H17N5O5S/c23-14-10(15(24)20-16(28)19-14)11-12(22(26)27)13-18-7-4-8-21(13)17(11,25)9-5-2-1-3-6-9/h1-3,5-6,11,18,25H,4,7-8H2,(H3,19,20,23,24,28). The molecule has 1 saturated heterocycles. The molecule has 0 radical (unpaired) electrons. The zero-order chi connectivity index (χ0) is 20.1. The number of hydrogen-bond acceptors (Lipinski definition) is 8. The van der Waals surface area contributed by atoms with Gasteiger partial charge in [-0.2, -0.15) is 0 Å². The molecule has 3 heterocycles. The van der Waals surface area contributed by atoms with E-state index < -0.39 is 33.7 Å². The fourth-order valence-corrected chi connectivity index (χ4v) is 4.18. The summed E-state index contributed by atoms with van der Waals surface area (Å²) >= 11 is 4.85. The van der Waals surface area contributed by atoms with Gasteiger partial charge in [-0.05, 0) is 18.6 Å². The van der Waals surface area contributed by atoms with E-state index in [1.54, 1.807) is 30.3 Å². The molecule has 2 aliphatic heterocycles. The molecule has 0 bridgehead atoms. The van der Waals surface area contributed by atoms with Crippen LogP contribution in [0.1, 0.15) is 23.5 Å². The quantitative estimate of drug-likeness (QED) is 0.287. The van der Waals surface area contributed by atoms with E-state index in [2.05, 4.69) is 15.3 Å². The van der Waals surface area contributed by atoms with Crippen molar-refractivity contribution in [3.8, 4) is 5.88 Å². The van der Waals surface area contributed by atoms with Gasteiger partial charge in [0.1, 0.15) is 5.92 Å². The molecule has 0 amide bonds. The SMILES string of the molecule is O=c1[nH]c(=S)[nH]c(O)c1C1C([N+](=O)[O-])=C2NCCCN2C1(O)c1ccccc1. The first kappa shape index (κ1) is 18.2. The van der Waals surface area contributed by atoms with E-state index >= 15 is 0 Å². The Labute approximate surface area is 163 Å². The Morgan fingerprint density at radius 3 is 2.64 bits per heavy atom. The first-order valence-corrected chi connectivity index (χ1v) is 9.00. The van der Waals surface area contributed by atoms with Crippen LogP contribution in [0.2, 0.25) is 0 Å². The molecule has 146 valence electrons. The van der Waals surface area contributed by atoms with Gasteiger partial charge in [0, 0.05) is 18.7 Å². The van der Waals surface area contributed by atoms with Crippen LogP contribution in [0, 0.1) is 14.9 Å². The molecular weight excluding hydrogens is 386 g/mol. The van der Waals surface area contributed by atoms with Gasteiger partial charge in [0.2, 0.25) is 0 Å². The van der Waals surface area contributed by atoms with Gasteiger partial charge < -0.3 is 25.4 Å². The van der Waals surface area contributed by atoms with Crippen LogP contribution < -0.4 is 10.9 Å². The molecule has 1 aromatic heterocycles. The van der Waals surface area contributed by atoms with Crippen LogP contribution in [0.5, 0.6) is 5.88 Å². The average molecular weight is 403 g/mol. The van der Waals surface area contributed by atoms with Gasteiger partial charge in [0.05, 0.1) is 10.5 Å². The molecule has 2 aromatic rings. The van der Waals surface area contributed by atoms with Gasteiger partial charge in [-0.1, -0.05) is 30.3 Å². The number of nitrogens with zero attached hydrogens (tertiary/aromatic N) is 2. The largest absolute Gasteiger partial charge is 0.494 e. The van der Waals surface area contributed by atoms with Crippen molar-refractivity contribution >= 4 is 12.2 Å². The number of H-pyrrole nitrogens is 2. The maximum absolute atomic E-state index is 12.6. The van der Waals surface area contributed by atoms with E-state index in [0.29, 0.717) is 25.1 Å². The van der Waals surface area contributed by atoms with E-state index in [1.165, 1.54) is 4.90 Å². The van der Waals surface area contributed by atoms with Gasteiger partial charge in [-0.25, -0.2) is 0 Å². The van der Waals surface area contributed by atoms with Crippen molar-refractivity contribution in [2.45, 2.75) is 18.1 Å². The fourth-order valence-electron chi connectivity index (χ4n) is 3.99. The summed E-state index contributed by atoms with van der Waals surface area (Å²) in [5.74, 6) is -1.94. The van der Waals surface area contributed by atoms with Crippen molar-refractivity contribution in [1.82, 2.24) is 20.2 Å². The Kier molecular flexibility index (Phi) is 4.20. The number of hydrogen-bond donors (Lipinski definition) is 5. The van der Waals surface area contributed by atoms with Gasteiger partial charge in [0.15, 0.2) is 22.2 Å². The lowest BCUT2D eigenvalue weighted by Gasteiger charge is -2.41. The van der Waals surface area contributed by atoms with Crippen LogP contribution in [-0.4, -0.2) is 43.1 Å². The van der Waals surface area contributed by atoms with Crippen LogP contribution >= 0.6 is 12.2 Å². The molecule has 5 N–H and O–H groups in total. The Bertz CT molecular complexity index is 1100. The highest BCUT2D eigenvalue weighted by atomic mass is 32.1. The van der Waals surface area contributed by atoms with E-state index in [9.17, 15) is 25.1 Å². The zero-order valence-electron chi connectivity index (χ0n) is 14.5. The van der Waals surface area contributed by atoms with Crippen molar-refractivity contribution in [3.63, 3.8) is 0 Å². The first-order chi connectivity index (χ1) is 13.4. The third-order valence-corrected chi connectivity index (χ3v) is 5.30. The molecule has 0 aliphatic carbocycles. The van der Waals surface area contributed by atoms with Crippen LogP contribution in [0.25, 0.3) is 0 Å². The Morgan fingerprint density at radius 2 is 2.00 bits per heavy atom. The number of fused-ring (bicyclic) bond motifs is 1. The summed E-state index contributed by atoms with van der Waals surface area (Å²) < 4.78 is -0.126. The van der Waals surface area contributed by atoms with E-state index in [0.717, 1.165) is 0 Å². The number of aromatic nitrogens is 2. The second-order valence-corrected chi connectivity index (χ2v) is 7.03. The lowest BCUT2D eigenvalue weighted by molar-refractivity contribution is -0.432. The molecule has 28 heavy (non-hydrogen) atoms. The van der Waals surface area contributed by atoms with Crippen molar-refractivity contribution in [2.75, 3.05) is 13.1 Å². The zero-order valence-corrected chi connectivity index (χ0v) is 15.3. The third-order valence-electron chi connectivity index (χ3n) is 5.09. The minimum Gasteiger partial charge on any atom is -0.494 e. The number of aromatic amines is 2. The molecule has 0 saturated carbocycles. The molecule has 2 atom stereocenters. The number of rotatable bonds is 3. The highest BCUT2D eigenvalue weighted by Crippen LogP contribution is 2.52. The van der Waals surface area contributed by atoms with Crippen LogP contribution in [0.4, 0.5) is 0 Å². The second kappa shape index (κ2) is 6.46. The Balaban J connectivity index is 2.07.